The van der Waals surface area contributed by atoms with E-state index in [0.717, 1.165) is 31.9 Å². The molecule has 0 bridgehead atoms. The number of anilines is 2. The number of rotatable bonds is 9. The van der Waals surface area contributed by atoms with Gasteiger partial charge in [-0.1, -0.05) is 0 Å². The maximum Gasteiger partial charge on any atom is 0.205 e. The number of methoxy groups -OCH3 is 3. The van der Waals surface area contributed by atoms with Gasteiger partial charge < -0.3 is 34.7 Å². The molecule has 8 heteroatoms. The fourth-order valence-corrected chi connectivity index (χ4v) is 3.61. The van der Waals surface area contributed by atoms with E-state index in [9.17, 15) is 5.11 Å². The summed E-state index contributed by atoms with van der Waals surface area (Å²) in [5.74, 6) is 2.60. The number of hydrogen-bond acceptors (Lipinski definition) is 8. The van der Waals surface area contributed by atoms with Gasteiger partial charge in [-0.25, -0.2) is 0 Å². The number of ether oxygens (including phenoxy) is 4. The summed E-state index contributed by atoms with van der Waals surface area (Å²) in [5, 5.41) is 10.4. The van der Waals surface area contributed by atoms with Crippen molar-refractivity contribution in [1.29, 1.82) is 0 Å². The first-order valence-corrected chi connectivity index (χ1v) is 9.98. The van der Waals surface area contributed by atoms with E-state index in [-0.39, 0.29) is 6.61 Å². The molecule has 1 saturated heterocycles. The number of β-amino-alcohol motifs (C(OH)–C–C–N with tert-alkyl or cyclic N) is 1. The van der Waals surface area contributed by atoms with Gasteiger partial charge in [0.15, 0.2) is 11.5 Å². The minimum absolute atomic E-state index is 0.244. The zero-order valence-corrected chi connectivity index (χ0v) is 17.8. The lowest BCUT2D eigenvalue weighted by Gasteiger charge is -2.37. The Bertz CT molecular complexity index is 807. The van der Waals surface area contributed by atoms with Crippen molar-refractivity contribution in [2.75, 3.05) is 71.3 Å². The lowest BCUT2D eigenvalue weighted by atomic mass is 10.2. The van der Waals surface area contributed by atoms with E-state index in [4.69, 9.17) is 24.7 Å². The molecule has 30 heavy (non-hydrogen) atoms. The van der Waals surface area contributed by atoms with Crippen LogP contribution in [0.2, 0.25) is 0 Å². The summed E-state index contributed by atoms with van der Waals surface area (Å²) in [5.41, 5.74) is 7.33. The van der Waals surface area contributed by atoms with E-state index in [1.165, 1.54) is 0 Å². The smallest absolute Gasteiger partial charge is 0.205 e. The molecule has 1 atom stereocenters. The molecule has 164 valence electrons. The van der Waals surface area contributed by atoms with Crippen LogP contribution in [0.15, 0.2) is 36.4 Å². The summed E-state index contributed by atoms with van der Waals surface area (Å²) in [6.07, 6.45) is -0.565. The molecule has 8 nitrogen and oxygen atoms in total. The standard InChI is InChI=1S/C22H31N3O5/c1-27-20-9-8-19(21(28-2)22(20)29-3)25-12-10-24(11-13-25)14-17(26)15-30-18-6-4-16(23)5-7-18/h4-9,17,26H,10-15,23H2,1-3H3. The molecule has 1 aliphatic heterocycles. The predicted molar refractivity (Wildman–Crippen MR) is 117 cm³/mol. The average molecular weight is 418 g/mol. The predicted octanol–water partition coefficient (Wildman–Crippen LogP) is 1.86. The Morgan fingerprint density at radius 2 is 1.57 bits per heavy atom. The van der Waals surface area contributed by atoms with E-state index in [1.807, 2.05) is 12.1 Å². The fraction of sp³-hybridized carbons (Fsp3) is 0.455. The lowest BCUT2D eigenvalue weighted by molar-refractivity contribution is 0.0663. The van der Waals surface area contributed by atoms with Crippen LogP contribution < -0.4 is 29.6 Å². The van der Waals surface area contributed by atoms with E-state index < -0.39 is 6.10 Å². The highest BCUT2D eigenvalue weighted by molar-refractivity contribution is 5.69. The average Bonchev–Trinajstić information content (AvgIpc) is 2.78. The van der Waals surface area contributed by atoms with Gasteiger partial charge in [0, 0.05) is 38.4 Å². The van der Waals surface area contributed by atoms with Crippen molar-refractivity contribution < 1.29 is 24.1 Å². The van der Waals surface area contributed by atoms with Crippen LogP contribution in [0.3, 0.4) is 0 Å². The molecule has 0 amide bonds. The summed E-state index contributed by atoms with van der Waals surface area (Å²) in [6.45, 7) is 4.10. The normalized spacial score (nSPS) is 15.5. The Labute approximate surface area is 177 Å². The Hall–Kier alpha value is -2.84. The summed E-state index contributed by atoms with van der Waals surface area (Å²) < 4.78 is 22.1. The second-order valence-corrected chi connectivity index (χ2v) is 7.17. The summed E-state index contributed by atoms with van der Waals surface area (Å²) in [4.78, 5) is 4.50. The lowest BCUT2D eigenvalue weighted by Crippen LogP contribution is -2.49. The number of aliphatic hydroxyl groups is 1. The largest absolute Gasteiger partial charge is 0.493 e. The molecule has 1 aliphatic rings. The minimum atomic E-state index is -0.565. The molecule has 2 aromatic carbocycles. The van der Waals surface area contributed by atoms with Gasteiger partial charge in [-0.05, 0) is 36.4 Å². The summed E-state index contributed by atoms with van der Waals surface area (Å²) >= 11 is 0. The van der Waals surface area contributed by atoms with Gasteiger partial charge in [0.1, 0.15) is 18.5 Å². The van der Waals surface area contributed by atoms with E-state index >= 15 is 0 Å². The summed E-state index contributed by atoms with van der Waals surface area (Å²) in [6, 6.07) is 11.0. The Morgan fingerprint density at radius 1 is 0.900 bits per heavy atom. The molecular formula is C22H31N3O5. The van der Waals surface area contributed by atoms with Crippen molar-refractivity contribution in [2.45, 2.75) is 6.10 Å². The molecule has 1 unspecified atom stereocenters. The van der Waals surface area contributed by atoms with Crippen LogP contribution in [0, 0.1) is 0 Å². The number of nitrogens with two attached hydrogens (primary N) is 1. The molecule has 0 spiro atoms. The van der Waals surface area contributed by atoms with Crippen LogP contribution >= 0.6 is 0 Å². The third kappa shape index (κ3) is 5.20. The number of benzene rings is 2. The van der Waals surface area contributed by atoms with Crippen LogP contribution in [-0.2, 0) is 0 Å². The van der Waals surface area contributed by atoms with Crippen molar-refractivity contribution in [3.63, 3.8) is 0 Å². The second-order valence-electron chi connectivity index (χ2n) is 7.17. The van der Waals surface area contributed by atoms with Gasteiger partial charge in [0.2, 0.25) is 5.75 Å². The van der Waals surface area contributed by atoms with Crippen LogP contribution in [0.5, 0.6) is 23.0 Å². The third-order valence-electron chi connectivity index (χ3n) is 5.19. The second kappa shape index (κ2) is 10.3. The number of piperazine rings is 1. The Kier molecular flexibility index (Phi) is 7.48. The molecule has 0 radical (unpaired) electrons. The van der Waals surface area contributed by atoms with Crippen molar-refractivity contribution >= 4 is 11.4 Å². The summed E-state index contributed by atoms with van der Waals surface area (Å²) in [7, 11) is 4.85. The Balaban J connectivity index is 1.52. The van der Waals surface area contributed by atoms with Gasteiger partial charge in [0.25, 0.3) is 0 Å². The van der Waals surface area contributed by atoms with Gasteiger partial charge >= 0.3 is 0 Å². The first-order valence-electron chi connectivity index (χ1n) is 9.98. The van der Waals surface area contributed by atoms with E-state index in [0.29, 0.717) is 35.2 Å². The van der Waals surface area contributed by atoms with Crippen LogP contribution in [0.1, 0.15) is 0 Å². The zero-order chi connectivity index (χ0) is 21.5. The molecule has 2 aromatic rings. The molecule has 0 saturated carbocycles. The molecule has 1 fully saturated rings. The third-order valence-corrected chi connectivity index (χ3v) is 5.19. The van der Waals surface area contributed by atoms with Crippen molar-refractivity contribution in [3.05, 3.63) is 36.4 Å². The van der Waals surface area contributed by atoms with Crippen molar-refractivity contribution in [2.24, 2.45) is 0 Å². The van der Waals surface area contributed by atoms with Gasteiger partial charge in [-0.15, -0.1) is 0 Å². The van der Waals surface area contributed by atoms with E-state index in [2.05, 4.69) is 9.80 Å². The number of aliphatic hydroxyl groups excluding tert-OH is 1. The van der Waals surface area contributed by atoms with Crippen LogP contribution in [-0.4, -0.2) is 76.8 Å². The van der Waals surface area contributed by atoms with Crippen LogP contribution in [0.25, 0.3) is 0 Å². The first-order chi connectivity index (χ1) is 14.5. The Morgan fingerprint density at radius 3 is 2.17 bits per heavy atom. The molecule has 1 heterocycles. The molecule has 3 rings (SSSR count). The van der Waals surface area contributed by atoms with E-state index in [1.54, 1.807) is 45.6 Å². The number of hydrogen-bond donors (Lipinski definition) is 2. The highest BCUT2D eigenvalue weighted by atomic mass is 16.5. The monoisotopic (exact) mass is 417 g/mol. The maximum absolute atomic E-state index is 10.4. The van der Waals surface area contributed by atoms with Crippen LogP contribution in [0.4, 0.5) is 11.4 Å². The topological polar surface area (TPSA) is 89.7 Å². The highest BCUT2D eigenvalue weighted by Crippen LogP contribution is 2.44. The zero-order valence-electron chi connectivity index (χ0n) is 17.8. The SMILES string of the molecule is COc1ccc(N2CCN(CC(O)COc3ccc(N)cc3)CC2)c(OC)c1OC. The fourth-order valence-electron chi connectivity index (χ4n) is 3.61. The van der Waals surface area contributed by atoms with Crippen molar-refractivity contribution in [3.8, 4) is 23.0 Å². The van der Waals surface area contributed by atoms with Gasteiger partial charge in [-0.3, -0.25) is 4.90 Å². The van der Waals surface area contributed by atoms with Gasteiger partial charge in [0.05, 0.1) is 27.0 Å². The van der Waals surface area contributed by atoms with Gasteiger partial charge in [-0.2, -0.15) is 0 Å². The minimum Gasteiger partial charge on any atom is -0.493 e. The van der Waals surface area contributed by atoms with Crippen molar-refractivity contribution in [1.82, 2.24) is 4.90 Å². The molecule has 3 N–H and O–H groups in total. The highest BCUT2D eigenvalue weighted by Gasteiger charge is 2.24. The number of nitrogens with zero attached hydrogens (tertiary/aromatic N) is 2. The number of nitrogen functional groups attached to an aromatic ring is 1. The molecular weight excluding hydrogens is 386 g/mol. The first kappa shape index (κ1) is 21.9. The molecule has 0 aliphatic carbocycles. The quantitative estimate of drug-likeness (QED) is 0.598. The molecule has 0 aromatic heterocycles. The maximum atomic E-state index is 10.4.